The Balaban J connectivity index is 1.87. The van der Waals surface area contributed by atoms with Gasteiger partial charge in [0, 0.05) is 5.92 Å². The molecule has 1 amide bonds. The van der Waals surface area contributed by atoms with Gasteiger partial charge in [-0.05, 0) is 45.7 Å². The average Bonchev–Trinajstić information content (AvgIpc) is 2.97. The van der Waals surface area contributed by atoms with Crippen molar-refractivity contribution in [2.45, 2.75) is 56.6 Å². The number of ether oxygens (including phenoxy) is 1. The second-order valence-corrected chi connectivity index (χ2v) is 8.84. The zero-order valence-corrected chi connectivity index (χ0v) is 13.9. The van der Waals surface area contributed by atoms with E-state index in [1.54, 1.807) is 0 Å². The first-order valence-electron chi connectivity index (χ1n) is 7.74. The molecule has 1 saturated carbocycles. The molecule has 4 heteroatoms. The first kappa shape index (κ1) is 14.8. The molecule has 0 N–H and O–H groups in total. The number of nitrogens with zero attached hydrogens (tertiary/aromatic N) is 1. The molecule has 21 heavy (non-hydrogen) atoms. The predicted octanol–water partition coefficient (Wildman–Crippen LogP) is 4.00. The number of benzene rings is 1. The SMILES string of the molecule is CC(C)(C)OC(=O)N1[C@@H]2CCC[C@H]2C[S+]1c1ccccc1. The summed E-state index contributed by atoms with van der Waals surface area (Å²) in [5.41, 5.74) is -0.431. The van der Waals surface area contributed by atoms with E-state index in [0.29, 0.717) is 12.0 Å². The van der Waals surface area contributed by atoms with Gasteiger partial charge in [0.25, 0.3) is 0 Å². The maximum Gasteiger partial charge on any atom is 0.452 e. The molecule has 114 valence electrons. The molecule has 0 radical (unpaired) electrons. The number of fused-ring (bicyclic) bond motifs is 1. The minimum absolute atomic E-state index is 0.135. The van der Waals surface area contributed by atoms with Gasteiger partial charge in [-0.3, -0.25) is 0 Å². The van der Waals surface area contributed by atoms with Crippen LogP contribution >= 0.6 is 0 Å². The van der Waals surface area contributed by atoms with Crippen LogP contribution in [0.2, 0.25) is 0 Å². The fraction of sp³-hybridized carbons (Fsp3) is 0.588. The summed E-state index contributed by atoms with van der Waals surface area (Å²) in [4.78, 5) is 14.0. The highest BCUT2D eigenvalue weighted by molar-refractivity contribution is 7.95. The van der Waals surface area contributed by atoms with E-state index in [4.69, 9.17) is 4.74 Å². The van der Waals surface area contributed by atoms with E-state index in [1.165, 1.54) is 17.7 Å². The van der Waals surface area contributed by atoms with Gasteiger partial charge in [-0.2, -0.15) is 0 Å². The molecule has 0 aromatic heterocycles. The Morgan fingerprint density at radius 3 is 2.62 bits per heavy atom. The van der Waals surface area contributed by atoms with Crippen LogP contribution in [-0.4, -0.2) is 27.8 Å². The quantitative estimate of drug-likeness (QED) is 0.734. The standard InChI is InChI=1S/C17H24NO2S/c1-17(2,3)20-16(19)18-15-11-7-8-13(15)12-21(18)14-9-5-4-6-10-14/h4-6,9-10,13,15H,7-8,11-12H2,1-3H3/q+1/t13-,15+,21?/m0/s1. The molecular weight excluding hydrogens is 282 g/mol. The maximum atomic E-state index is 12.7. The van der Waals surface area contributed by atoms with Gasteiger partial charge in [-0.25, -0.2) is 4.79 Å². The number of hydrogen-bond donors (Lipinski definition) is 0. The van der Waals surface area contributed by atoms with Crippen molar-refractivity contribution in [3.05, 3.63) is 30.3 Å². The summed E-state index contributed by atoms with van der Waals surface area (Å²) in [6, 6.07) is 10.8. The molecule has 1 saturated heterocycles. The van der Waals surface area contributed by atoms with Crippen LogP contribution in [0.15, 0.2) is 35.2 Å². The largest absolute Gasteiger partial charge is 0.452 e. The summed E-state index contributed by atoms with van der Waals surface area (Å²) in [6.45, 7) is 5.81. The molecule has 2 fully saturated rings. The molecule has 0 spiro atoms. The van der Waals surface area contributed by atoms with Gasteiger partial charge >= 0.3 is 6.09 Å². The lowest BCUT2D eigenvalue weighted by atomic mass is 10.1. The van der Waals surface area contributed by atoms with Crippen LogP contribution in [0.25, 0.3) is 0 Å². The first-order valence-corrected chi connectivity index (χ1v) is 9.09. The zero-order chi connectivity index (χ0) is 15.0. The number of hydrogen-bond acceptors (Lipinski definition) is 2. The Kier molecular flexibility index (Phi) is 3.91. The molecule has 1 unspecified atom stereocenters. The van der Waals surface area contributed by atoms with Crippen LogP contribution in [0.4, 0.5) is 4.79 Å². The lowest BCUT2D eigenvalue weighted by molar-refractivity contribution is 0.0350. The molecule has 2 aliphatic rings. The van der Waals surface area contributed by atoms with Gasteiger partial charge in [0.15, 0.2) is 4.90 Å². The molecular formula is C17H24NO2S+. The number of amides is 1. The molecule has 1 heterocycles. The van der Waals surface area contributed by atoms with Crippen molar-refractivity contribution in [3.63, 3.8) is 0 Å². The molecule has 3 rings (SSSR count). The predicted molar refractivity (Wildman–Crippen MR) is 86.1 cm³/mol. The fourth-order valence-corrected chi connectivity index (χ4v) is 5.95. The van der Waals surface area contributed by atoms with Crippen molar-refractivity contribution < 1.29 is 9.53 Å². The third-order valence-corrected chi connectivity index (χ3v) is 6.57. The number of carbonyl (C=O) groups is 1. The van der Waals surface area contributed by atoms with E-state index in [2.05, 4.69) is 28.6 Å². The van der Waals surface area contributed by atoms with Crippen LogP contribution in [-0.2, 0) is 15.8 Å². The topological polar surface area (TPSA) is 29.5 Å². The van der Waals surface area contributed by atoms with Crippen molar-refractivity contribution in [1.29, 1.82) is 0 Å². The van der Waals surface area contributed by atoms with E-state index in [-0.39, 0.29) is 17.2 Å². The highest BCUT2D eigenvalue weighted by Gasteiger charge is 2.56. The smallest absolute Gasteiger partial charge is 0.441 e. The summed E-state index contributed by atoms with van der Waals surface area (Å²) < 4.78 is 7.73. The van der Waals surface area contributed by atoms with Gasteiger partial charge in [-0.1, -0.05) is 24.6 Å². The van der Waals surface area contributed by atoms with Gasteiger partial charge < -0.3 is 4.74 Å². The Labute approximate surface area is 130 Å². The summed E-state index contributed by atoms with van der Waals surface area (Å²) in [5.74, 6) is 1.76. The van der Waals surface area contributed by atoms with E-state index in [9.17, 15) is 4.79 Å². The van der Waals surface area contributed by atoms with E-state index in [1.807, 2.05) is 26.8 Å². The van der Waals surface area contributed by atoms with Crippen LogP contribution in [0.1, 0.15) is 40.0 Å². The monoisotopic (exact) mass is 306 g/mol. The second kappa shape index (κ2) is 5.56. The summed E-state index contributed by atoms with van der Waals surface area (Å²) in [5, 5.41) is 0. The van der Waals surface area contributed by atoms with Crippen molar-refractivity contribution in [1.82, 2.24) is 4.31 Å². The van der Waals surface area contributed by atoms with Crippen LogP contribution < -0.4 is 0 Å². The van der Waals surface area contributed by atoms with Crippen molar-refractivity contribution >= 4 is 17.2 Å². The third kappa shape index (κ3) is 3.05. The van der Waals surface area contributed by atoms with Crippen molar-refractivity contribution in [3.8, 4) is 0 Å². The lowest BCUT2D eigenvalue weighted by Crippen LogP contribution is -2.42. The van der Waals surface area contributed by atoms with Crippen LogP contribution in [0, 0.1) is 5.92 Å². The normalized spacial score (nSPS) is 28.5. The van der Waals surface area contributed by atoms with Gasteiger partial charge in [0.2, 0.25) is 0 Å². The average molecular weight is 306 g/mol. The Hall–Kier alpha value is -1.16. The van der Waals surface area contributed by atoms with Crippen LogP contribution in [0.3, 0.4) is 0 Å². The minimum Gasteiger partial charge on any atom is -0.441 e. The maximum absolute atomic E-state index is 12.7. The number of carbonyl (C=O) groups excluding carboxylic acids is 1. The number of rotatable bonds is 1. The Morgan fingerprint density at radius 1 is 1.24 bits per heavy atom. The molecule has 1 aromatic carbocycles. The lowest BCUT2D eigenvalue weighted by Gasteiger charge is -2.25. The molecule has 1 aliphatic heterocycles. The van der Waals surface area contributed by atoms with Gasteiger partial charge in [0.1, 0.15) is 22.4 Å². The van der Waals surface area contributed by atoms with Crippen LogP contribution in [0.5, 0.6) is 0 Å². The fourth-order valence-electron chi connectivity index (χ4n) is 3.29. The van der Waals surface area contributed by atoms with Gasteiger partial charge in [0.05, 0.1) is 6.04 Å². The highest BCUT2D eigenvalue weighted by atomic mass is 32.2. The summed E-state index contributed by atoms with van der Waals surface area (Å²) in [7, 11) is 0. The van der Waals surface area contributed by atoms with Crippen molar-refractivity contribution in [2.24, 2.45) is 5.92 Å². The molecule has 3 nitrogen and oxygen atoms in total. The Bertz CT molecular complexity index is 511. The van der Waals surface area contributed by atoms with E-state index >= 15 is 0 Å². The third-order valence-electron chi connectivity index (χ3n) is 4.12. The molecule has 3 atom stereocenters. The zero-order valence-electron chi connectivity index (χ0n) is 13.0. The highest BCUT2D eigenvalue weighted by Crippen LogP contribution is 2.43. The first-order chi connectivity index (χ1) is 9.96. The second-order valence-electron chi connectivity index (χ2n) is 6.91. The van der Waals surface area contributed by atoms with Gasteiger partial charge in [-0.15, -0.1) is 4.31 Å². The molecule has 1 aliphatic carbocycles. The molecule has 1 aromatic rings. The van der Waals surface area contributed by atoms with E-state index < -0.39 is 5.60 Å². The minimum atomic E-state index is -0.431. The van der Waals surface area contributed by atoms with Crippen molar-refractivity contribution in [2.75, 3.05) is 5.75 Å². The molecule has 0 bridgehead atoms. The van der Waals surface area contributed by atoms with E-state index in [0.717, 1.165) is 12.2 Å². The summed E-state index contributed by atoms with van der Waals surface area (Å²) >= 11 is -0.143. The Morgan fingerprint density at radius 2 is 1.95 bits per heavy atom. The summed E-state index contributed by atoms with van der Waals surface area (Å²) in [6.07, 6.45) is 3.48.